The summed E-state index contributed by atoms with van der Waals surface area (Å²) in [6.07, 6.45) is -0.575. The van der Waals surface area contributed by atoms with E-state index >= 15 is 0 Å². The number of hydrogen-bond acceptors (Lipinski definition) is 3. The maximum Gasteiger partial charge on any atom is 0.412 e. The fourth-order valence-corrected chi connectivity index (χ4v) is 1.52. The van der Waals surface area contributed by atoms with Crippen molar-refractivity contribution in [2.45, 2.75) is 52.6 Å². The van der Waals surface area contributed by atoms with Crippen molar-refractivity contribution in [1.82, 2.24) is 0 Å². The van der Waals surface area contributed by atoms with Gasteiger partial charge in [0.15, 0.2) is 0 Å². The number of ether oxygens (including phenoxy) is 1. The van der Waals surface area contributed by atoms with E-state index in [1.54, 1.807) is 32.9 Å². The van der Waals surface area contributed by atoms with Crippen LogP contribution in [-0.4, -0.2) is 16.8 Å². The highest BCUT2D eigenvalue weighted by atomic mass is 16.6. The number of benzene rings is 1. The largest absolute Gasteiger partial charge is 0.506 e. The predicted octanol–water partition coefficient (Wildman–Crippen LogP) is 4.04. The molecule has 19 heavy (non-hydrogen) atoms. The second-order valence-corrected chi connectivity index (χ2v) is 6.61. The number of anilines is 1. The zero-order valence-corrected chi connectivity index (χ0v) is 12.5. The highest BCUT2D eigenvalue weighted by molar-refractivity contribution is 5.87. The van der Waals surface area contributed by atoms with Gasteiger partial charge in [-0.15, -0.1) is 0 Å². The molecule has 0 fully saturated rings. The Morgan fingerprint density at radius 1 is 1.16 bits per heavy atom. The molecular formula is C15H23NO3. The summed E-state index contributed by atoms with van der Waals surface area (Å²) < 4.78 is 5.16. The minimum absolute atomic E-state index is 0.0267. The molecule has 0 radical (unpaired) electrons. The molecule has 0 aliphatic heterocycles. The van der Waals surface area contributed by atoms with Crippen LogP contribution in [0.1, 0.15) is 47.1 Å². The van der Waals surface area contributed by atoms with Crippen molar-refractivity contribution in [3.63, 3.8) is 0 Å². The highest BCUT2D eigenvalue weighted by Crippen LogP contribution is 2.30. The molecule has 1 aromatic rings. The molecule has 0 saturated heterocycles. The van der Waals surface area contributed by atoms with E-state index in [0.717, 1.165) is 5.56 Å². The standard InChI is InChI=1S/C15H23NO3/c1-14(2,3)10-7-8-12(17)11(9-10)16-13(18)19-15(4,5)6/h7-9,17H,1-6H3,(H,16,18). The van der Waals surface area contributed by atoms with Crippen molar-refractivity contribution in [3.8, 4) is 5.75 Å². The quantitative estimate of drug-likeness (QED) is 0.753. The number of phenols is 1. The molecule has 0 heterocycles. The van der Waals surface area contributed by atoms with Crippen LogP contribution < -0.4 is 5.32 Å². The molecule has 1 aromatic carbocycles. The summed E-state index contributed by atoms with van der Waals surface area (Å²) in [5, 5.41) is 12.3. The molecule has 2 N–H and O–H groups in total. The second kappa shape index (κ2) is 5.11. The van der Waals surface area contributed by atoms with Gasteiger partial charge in [-0.05, 0) is 43.9 Å². The second-order valence-electron chi connectivity index (χ2n) is 6.61. The maximum absolute atomic E-state index is 11.7. The first kappa shape index (κ1) is 15.3. The number of hydrogen-bond donors (Lipinski definition) is 2. The number of aromatic hydroxyl groups is 1. The normalized spacial score (nSPS) is 12.1. The van der Waals surface area contributed by atoms with Crippen LogP contribution in [0.15, 0.2) is 18.2 Å². The smallest absolute Gasteiger partial charge is 0.412 e. The van der Waals surface area contributed by atoms with Gasteiger partial charge in [0, 0.05) is 0 Å². The third-order valence-corrected chi connectivity index (χ3v) is 2.50. The lowest BCUT2D eigenvalue weighted by molar-refractivity contribution is 0.0635. The van der Waals surface area contributed by atoms with Gasteiger partial charge in [0.2, 0.25) is 0 Å². The number of carbonyl (C=O) groups excluding carboxylic acids is 1. The van der Waals surface area contributed by atoms with E-state index in [9.17, 15) is 9.90 Å². The molecule has 0 unspecified atom stereocenters. The minimum Gasteiger partial charge on any atom is -0.506 e. The fourth-order valence-electron chi connectivity index (χ4n) is 1.52. The number of nitrogens with one attached hydrogen (secondary N) is 1. The Kier molecular flexibility index (Phi) is 4.13. The Morgan fingerprint density at radius 2 is 1.74 bits per heavy atom. The molecule has 106 valence electrons. The van der Waals surface area contributed by atoms with Crippen molar-refractivity contribution in [1.29, 1.82) is 0 Å². The van der Waals surface area contributed by atoms with Crippen LogP contribution in [0.4, 0.5) is 10.5 Å². The lowest BCUT2D eigenvalue weighted by Crippen LogP contribution is -2.27. The number of phenolic OH excluding ortho intramolecular Hbond substituents is 1. The molecular weight excluding hydrogens is 242 g/mol. The van der Waals surface area contributed by atoms with Crippen molar-refractivity contribution in [3.05, 3.63) is 23.8 Å². The Morgan fingerprint density at radius 3 is 2.21 bits per heavy atom. The summed E-state index contributed by atoms with van der Waals surface area (Å²) in [7, 11) is 0. The van der Waals surface area contributed by atoms with Crippen molar-refractivity contribution < 1.29 is 14.6 Å². The van der Waals surface area contributed by atoms with Crippen LogP contribution in [0, 0.1) is 0 Å². The molecule has 0 aliphatic carbocycles. The molecule has 0 bridgehead atoms. The SMILES string of the molecule is CC(C)(C)OC(=O)Nc1cc(C(C)(C)C)ccc1O. The first-order chi connectivity index (χ1) is 8.49. The van der Waals surface area contributed by atoms with E-state index in [0.29, 0.717) is 5.69 Å². The lowest BCUT2D eigenvalue weighted by Gasteiger charge is -2.22. The number of amides is 1. The predicted molar refractivity (Wildman–Crippen MR) is 76.7 cm³/mol. The van der Waals surface area contributed by atoms with Crippen molar-refractivity contribution in [2.24, 2.45) is 0 Å². The highest BCUT2D eigenvalue weighted by Gasteiger charge is 2.19. The number of carbonyl (C=O) groups is 1. The third kappa shape index (κ3) is 4.81. The topological polar surface area (TPSA) is 58.6 Å². The lowest BCUT2D eigenvalue weighted by atomic mass is 9.87. The number of rotatable bonds is 1. The Hall–Kier alpha value is -1.71. The van der Waals surface area contributed by atoms with Crippen LogP contribution in [0.5, 0.6) is 5.75 Å². The van der Waals surface area contributed by atoms with Gasteiger partial charge in [0.1, 0.15) is 11.4 Å². The third-order valence-electron chi connectivity index (χ3n) is 2.50. The van der Waals surface area contributed by atoms with Gasteiger partial charge in [0.25, 0.3) is 0 Å². The minimum atomic E-state index is -0.575. The van der Waals surface area contributed by atoms with Gasteiger partial charge >= 0.3 is 6.09 Å². The summed E-state index contributed by atoms with van der Waals surface area (Å²) in [5.41, 5.74) is 0.761. The Bertz CT molecular complexity index is 467. The Balaban J connectivity index is 2.92. The van der Waals surface area contributed by atoms with E-state index in [1.807, 2.05) is 6.07 Å². The Labute approximate surface area is 114 Å². The fraction of sp³-hybridized carbons (Fsp3) is 0.533. The molecule has 0 aromatic heterocycles. The molecule has 0 spiro atoms. The summed E-state index contributed by atoms with van der Waals surface area (Å²) in [6.45, 7) is 11.6. The van der Waals surface area contributed by atoms with Crippen molar-refractivity contribution >= 4 is 11.8 Å². The van der Waals surface area contributed by atoms with E-state index in [-0.39, 0.29) is 11.2 Å². The van der Waals surface area contributed by atoms with Crippen LogP contribution >= 0.6 is 0 Å². The maximum atomic E-state index is 11.7. The van der Waals surface area contributed by atoms with Crippen LogP contribution in [0.25, 0.3) is 0 Å². The van der Waals surface area contributed by atoms with Crippen LogP contribution in [0.3, 0.4) is 0 Å². The average Bonchev–Trinajstić information content (AvgIpc) is 2.16. The molecule has 1 amide bonds. The van der Waals surface area contributed by atoms with E-state index in [2.05, 4.69) is 26.1 Å². The van der Waals surface area contributed by atoms with E-state index < -0.39 is 11.7 Å². The van der Waals surface area contributed by atoms with Gasteiger partial charge in [-0.3, -0.25) is 5.32 Å². The summed E-state index contributed by atoms with van der Waals surface area (Å²) in [4.78, 5) is 11.7. The van der Waals surface area contributed by atoms with Gasteiger partial charge in [-0.25, -0.2) is 4.79 Å². The summed E-state index contributed by atoms with van der Waals surface area (Å²) >= 11 is 0. The average molecular weight is 265 g/mol. The molecule has 0 atom stereocenters. The zero-order chi connectivity index (χ0) is 14.8. The van der Waals surface area contributed by atoms with E-state index in [4.69, 9.17) is 4.74 Å². The van der Waals surface area contributed by atoms with Crippen molar-refractivity contribution in [2.75, 3.05) is 5.32 Å². The van der Waals surface area contributed by atoms with E-state index in [1.165, 1.54) is 0 Å². The molecule has 4 heteroatoms. The monoisotopic (exact) mass is 265 g/mol. The summed E-state index contributed by atoms with van der Waals surface area (Å²) in [5.74, 6) is 0.0267. The van der Waals surface area contributed by atoms with Crippen LogP contribution in [-0.2, 0) is 10.2 Å². The van der Waals surface area contributed by atoms with Gasteiger partial charge in [-0.2, -0.15) is 0 Å². The van der Waals surface area contributed by atoms with Crippen LogP contribution in [0.2, 0.25) is 0 Å². The first-order valence-electron chi connectivity index (χ1n) is 6.32. The summed E-state index contributed by atoms with van der Waals surface area (Å²) in [6, 6.07) is 5.18. The molecule has 0 aliphatic rings. The van der Waals surface area contributed by atoms with Gasteiger partial charge in [0.05, 0.1) is 5.69 Å². The molecule has 0 saturated carbocycles. The zero-order valence-electron chi connectivity index (χ0n) is 12.5. The molecule has 4 nitrogen and oxygen atoms in total. The first-order valence-corrected chi connectivity index (χ1v) is 6.32. The van der Waals surface area contributed by atoms with Gasteiger partial charge < -0.3 is 9.84 Å². The van der Waals surface area contributed by atoms with Gasteiger partial charge in [-0.1, -0.05) is 26.8 Å². The molecule has 1 rings (SSSR count).